The maximum Gasteiger partial charge on any atom is 0.342 e. The van der Waals surface area contributed by atoms with E-state index in [1.807, 2.05) is 39.0 Å². The lowest BCUT2D eigenvalue weighted by atomic mass is 9.98. The van der Waals surface area contributed by atoms with E-state index in [-0.39, 0.29) is 24.0 Å². The highest BCUT2D eigenvalue weighted by Crippen LogP contribution is 2.36. The zero-order valence-electron chi connectivity index (χ0n) is 24.3. The summed E-state index contributed by atoms with van der Waals surface area (Å²) >= 11 is 0. The summed E-state index contributed by atoms with van der Waals surface area (Å²) in [6, 6.07) is 12.2. The molecular formula is C32H38O9. The summed E-state index contributed by atoms with van der Waals surface area (Å²) in [5.74, 6) is -1.36. The van der Waals surface area contributed by atoms with Crippen LogP contribution in [-0.4, -0.2) is 63.2 Å². The standard InChI is InChI=1S/C32H38O9/c1-20-15-16-25(39-30(33)22-11-8-7-9-12-22)29-26(40-32(3,4)41-29)14-10-13-23-17-24(36-6)18-27(37-19-35-5)28(23)31(34)38-21(20)2/h7-13,15-18,20-21,25-26,29H,14,19H2,1-6H3/t20-,21+,25?,26?,29?/m1/s1. The molecule has 1 fully saturated rings. The lowest BCUT2D eigenvalue weighted by Gasteiger charge is -2.25. The highest BCUT2D eigenvalue weighted by Gasteiger charge is 2.45. The van der Waals surface area contributed by atoms with E-state index >= 15 is 0 Å². The highest BCUT2D eigenvalue weighted by atomic mass is 16.8. The number of hydrogen-bond donors (Lipinski definition) is 0. The molecule has 0 radical (unpaired) electrons. The molecule has 4 rings (SSSR count). The van der Waals surface area contributed by atoms with Crippen LogP contribution in [0.1, 0.15) is 60.4 Å². The Hall–Kier alpha value is -3.66. The molecule has 9 heteroatoms. The summed E-state index contributed by atoms with van der Waals surface area (Å²) in [5.41, 5.74) is 1.24. The van der Waals surface area contributed by atoms with Gasteiger partial charge in [-0.25, -0.2) is 9.59 Å². The van der Waals surface area contributed by atoms with Crippen LogP contribution in [0.15, 0.2) is 60.7 Å². The number of methoxy groups -OCH3 is 2. The minimum atomic E-state index is -0.900. The van der Waals surface area contributed by atoms with Crippen molar-refractivity contribution in [3.8, 4) is 11.5 Å². The molecule has 2 aliphatic rings. The average molecular weight is 567 g/mol. The SMILES string of the molecule is COCOc1cc(OC)cc2c1C(=O)O[C@@H](C)[C@H](C)C=CC(OC(=O)c1ccccc1)C1OC(C)(C)OC1CC=C2. The molecule has 9 nitrogen and oxygen atoms in total. The van der Waals surface area contributed by atoms with E-state index in [2.05, 4.69) is 0 Å². The van der Waals surface area contributed by atoms with Crippen LogP contribution in [0.2, 0.25) is 0 Å². The van der Waals surface area contributed by atoms with Crippen LogP contribution >= 0.6 is 0 Å². The molecule has 3 unspecified atom stereocenters. The number of cyclic esters (lactones) is 1. The Balaban J connectivity index is 1.74. The molecule has 41 heavy (non-hydrogen) atoms. The number of benzene rings is 2. The van der Waals surface area contributed by atoms with E-state index in [9.17, 15) is 9.59 Å². The van der Waals surface area contributed by atoms with Crippen molar-refractivity contribution in [3.63, 3.8) is 0 Å². The predicted molar refractivity (Wildman–Crippen MR) is 152 cm³/mol. The Morgan fingerprint density at radius 1 is 1.05 bits per heavy atom. The number of carbonyl (C=O) groups excluding carboxylic acids is 2. The molecule has 0 saturated carbocycles. The smallest absolute Gasteiger partial charge is 0.342 e. The topological polar surface area (TPSA) is 98.8 Å². The predicted octanol–water partition coefficient (Wildman–Crippen LogP) is 5.58. The number of rotatable bonds is 6. The van der Waals surface area contributed by atoms with Crippen LogP contribution in [0.25, 0.3) is 6.08 Å². The Bertz CT molecular complexity index is 1270. The summed E-state index contributed by atoms with van der Waals surface area (Å²) in [6.07, 6.45) is 5.44. The lowest BCUT2D eigenvalue weighted by molar-refractivity contribution is -0.152. The van der Waals surface area contributed by atoms with Crippen molar-refractivity contribution >= 4 is 18.0 Å². The summed E-state index contributed by atoms with van der Waals surface area (Å²) in [6.45, 7) is 7.32. The third-order valence-electron chi connectivity index (χ3n) is 6.98. The van der Waals surface area contributed by atoms with Gasteiger partial charge in [0.25, 0.3) is 0 Å². The molecule has 2 heterocycles. The van der Waals surface area contributed by atoms with E-state index in [4.69, 9.17) is 33.2 Å². The van der Waals surface area contributed by atoms with Crippen molar-refractivity contribution in [2.45, 2.75) is 64.3 Å². The maximum absolute atomic E-state index is 13.5. The van der Waals surface area contributed by atoms with Gasteiger partial charge in [-0.3, -0.25) is 0 Å². The van der Waals surface area contributed by atoms with Crippen molar-refractivity contribution in [1.29, 1.82) is 0 Å². The van der Waals surface area contributed by atoms with Crippen molar-refractivity contribution in [2.24, 2.45) is 5.92 Å². The van der Waals surface area contributed by atoms with E-state index in [0.29, 0.717) is 23.3 Å². The molecule has 5 atom stereocenters. The van der Waals surface area contributed by atoms with Crippen LogP contribution in [0.4, 0.5) is 0 Å². The van der Waals surface area contributed by atoms with Crippen LogP contribution < -0.4 is 9.47 Å². The molecule has 2 aromatic rings. The molecule has 2 aromatic carbocycles. The molecule has 220 valence electrons. The second-order valence-corrected chi connectivity index (χ2v) is 10.5. The van der Waals surface area contributed by atoms with Gasteiger partial charge >= 0.3 is 11.9 Å². The summed E-state index contributed by atoms with van der Waals surface area (Å²) in [7, 11) is 3.04. The quantitative estimate of drug-likeness (QED) is 0.252. The average Bonchev–Trinajstić information content (AvgIpc) is 3.27. The fraction of sp³-hybridized carbons (Fsp3) is 0.438. The molecule has 0 aliphatic carbocycles. The largest absolute Gasteiger partial charge is 0.497 e. The Morgan fingerprint density at radius 3 is 2.51 bits per heavy atom. The molecule has 0 aromatic heterocycles. The maximum atomic E-state index is 13.5. The van der Waals surface area contributed by atoms with Crippen LogP contribution in [0.5, 0.6) is 11.5 Å². The van der Waals surface area contributed by atoms with Gasteiger partial charge in [0.1, 0.15) is 35.4 Å². The van der Waals surface area contributed by atoms with Gasteiger partial charge in [0.2, 0.25) is 0 Å². The monoisotopic (exact) mass is 566 g/mol. The minimum Gasteiger partial charge on any atom is -0.497 e. The van der Waals surface area contributed by atoms with E-state index in [1.54, 1.807) is 55.5 Å². The van der Waals surface area contributed by atoms with Gasteiger partial charge in [0.05, 0.1) is 18.8 Å². The van der Waals surface area contributed by atoms with Crippen molar-refractivity contribution in [1.82, 2.24) is 0 Å². The molecule has 2 aliphatic heterocycles. The number of carbonyl (C=O) groups is 2. The van der Waals surface area contributed by atoms with Crippen molar-refractivity contribution in [3.05, 3.63) is 77.4 Å². The second kappa shape index (κ2) is 13.3. The van der Waals surface area contributed by atoms with Gasteiger partial charge in [-0.2, -0.15) is 0 Å². The normalized spacial score (nSPS) is 25.8. The molecular weight excluding hydrogens is 528 g/mol. The Morgan fingerprint density at radius 2 is 1.80 bits per heavy atom. The van der Waals surface area contributed by atoms with Gasteiger partial charge in [-0.15, -0.1) is 0 Å². The zero-order chi connectivity index (χ0) is 29.6. The van der Waals surface area contributed by atoms with Crippen molar-refractivity contribution in [2.75, 3.05) is 21.0 Å². The van der Waals surface area contributed by atoms with E-state index < -0.39 is 42.1 Å². The molecule has 0 spiro atoms. The van der Waals surface area contributed by atoms with Crippen molar-refractivity contribution < 1.29 is 42.7 Å². The number of esters is 2. The van der Waals surface area contributed by atoms with Crippen LogP contribution in [0, 0.1) is 5.92 Å². The van der Waals surface area contributed by atoms with E-state index in [0.717, 1.165) is 0 Å². The first-order chi connectivity index (χ1) is 19.6. The molecule has 0 N–H and O–H groups in total. The van der Waals surface area contributed by atoms with Gasteiger partial charge in [0.15, 0.2) is 12.6 Å². The number of fused-ring (bicyclic) bond motifs is 2. The van der Waals surface area contributed by atoms with Gasteiger partial charge in [-0.05, 0) is 57.0 Å². The molecule has 0 amide bonds. The van der Waals surface area contributed by atoms with E-state index in [1.165, 1.54) is 14.2 Å². The Kier molecular flexibility index (Phi) is 9.86. The Labute approximate surface area is 241 Å². The van der Waals surface area contributed by atoms with Crippen LogP contribution in [-0.2, 0) is 23.7 Å². The fourth-order valence-electron chi connectivity index (χ4n) is 4.73. The van der Waals surface area contributed by atoms with Gasteiger partial charge in [-0.1, -0.05) is 43.4 Å². The number of ether oxygens (including phenoxy) is 7. The summed E-state index contributed by atoms with van der Waals surface area (Å²) < 4.78 is 40.7. The number of hydrogen-bond acceptors (Lipinski definition) is 9. The third kappa shape index (κ3) is 7.55. The minimum absolute atomic E-state index is 0.0571. The first-order valence-corrected chi connectivity index (χ1v) is 13.6. The first kappa shape index (κ1) is 30.3. The fourth-order valence-corrected chi connectivity index (χ4v) is 4.73. The summed E-state index contributed by atoms with van der Waals surface area (Å²) in [4.78, 5) is 26.6. The highest BCUT2D eigenvalue weighted by molar-refractivity contribution is 5.97. The first-order valence-electron chi connectivity index (χ1n) is 13.6. The summed E-state index contributed by atoms with van der Waals surface area (Å²) in [5, 5.41) is 0. The molecule has 1 saturated heterocycles. The molecule has 0 bridgehead atoms. The third-order valence-corrected chi connectivity index (χ3v) is 6.98. The lowest BCUT2D eigenvalue weighted by Crippen LogP contribution is -2.37. The van der Waals surface area contributed by atoms with Crippen LogP contribution in [0.3, 0.4) is 0 Å². The zero-order valence-corrected chi connectivity index (χ0v) is 24.3. The van der Waals surface area contributed by atoms with Gasteiger partial charge in [0, 0.05) is 19.1 Å². The van der Waals surface area contributed by atoms with Gasteiger partial charge < -0.3 is 33.2 Å². The second-order valence-electron chi connectivity index (χ2n) is 10.5.